The molecule has 1 aromatic carbocycles. The molecule has 1 unspecified atom stereocenters. The zero-order chi connectivity index (χ0) is 14.1. The minimum atomic E-state index is -0.414. The van der Waals surface area contributed by atoms with Gasteiger partial charge in [0, 0.05) is 6.42 Å². The van der Waals surface area contributed by atoms with Gasteiger partial charge in [0.25, 0.3) is 0 Å². The van der Waals surface area contributed by atoms with Crippen molar-refractivity contribution in [1.82, 2.24) is 0 Å². The van der Waals surface area contributed by atoms with Gasteiger partial charge in [0.15, 0.2) is 0 Å². The smallest absolute Gasteiger partial charge is 0.217 e. The van der Waals surface area contributed by atoms with Crippen LogP contribution >= 0.6 is 0 Å². The van der Waals surface area contributed by atoms with Crippen molar-refractivity contribution in [2.45, 2.75) is 44.6 Å². The Labute approximate surface area is 114 Å². The summed E-state index contributed by atoms with van der Waals surface area (Å²) in [5.41, 5.74) is 12.5. The summed E-state index contributed by atoms with van der Waals surface area (Å²) in [6.07, 6.45) is 4.43. The molecule has 0 aliphatic heterocycles. The van der Waals surface area contributed by atoms with Crippen LogP contribution in [-0.2, 0) is 11.2 Å². The van der Waals surface area contributed by atoms with Gasteiger partial charge in [0.2, 0.25) is 5.91 Å². The van der Waals surface area contributed by atoms with Crippen molar-refractivity contribution in [2.24, 2.45) is 11.5 Å². The Morgan fingerprint density at radius 1 is 1.16 bits per heavy atom. The summed E-state index contributed by atoms with van der Waals surface area (Å²) in [6.45, 7) is 0.713. The van der Waals surface area contributed by atoms with E-state index in [0.29, 0.717) is 19.4 Å². The number of carbonyl (C=O) groups excluding carboxylic acids is 1. The van der Waals surface area contributed by atoms with E-state index in [0.717, 1.165) is 36.8 Å². The standard InChI is InChI=1S/C15H24N2O2/c16-11-3-1-2-4-14(18)13-8-5-12(6-9-13)7-10-15(17)19/h5-6,8-9,14,18H,1-4,7,10-11,16H2,(H2,17,19). The number of nitrogens with two attached hydrogens (primary N) is 2. The van der Waals surface area contributed by atoms with Gasteiger partial charge in [-0.25, -0.2) is 0 Å². The van der Waals surface area contributed by atoms with Crippen LogP contribution in [0.2, 0.25) is 0 Å². The zero-order valence-electron chi connectivity index (χ0n) is 11.3. The molecule has 5 N–H and O–H groups in total. The summed E-state index contributed by atoms with van der Waals surface area (Å²) >= 11 is 0. The second-order valence-corrected chi connectivity index (χ2v) is 4.86. The number of unbranched alkanes of at least 4 members (excludes halogenated alkanes) is 2. The van der Waals surface area contributed by atoms with Crippen molar-refractivity contribution in [3.05, 3.63) is 35.4 Å². The highest BCUT2D eigenvalue weighted by molar-refractivity contribution is 5.73. The third-order valence-corrected chi connectivity index (χ3v) is 3.21. The van der Waals surface area contributed by atoms with Gasteiger partial charge in [0.1, 0.15) is 0 Å². The average Bonchev–Trinajstić information content (AvgIpc) is 2.41. The SMILES string of the molecule is NCCCCCC(O)c1ccc(CCC(N)=O)cc1. The predicted octanol–water partition coefficient (Wildman–Crippen LogP) is 1.66. The Balaban J connectivity index is 2.39. The van der Waals surface area contributed by atoms with E-state index in [4.69, 9.17) is 11.5 Å². The van der Waals surface area contributed by atoms with Gasteiger partial charge < -0.3 is 16.6 Å². The average molecular weight is 264 g/mol. The molecule has 0 spiro atoms. The molecule has 1 aromatic rings. The van der Waals surface area contributed by atoms with Gasteiger partial charge in [-0.05, 0) is 36.9 Å². The second kappa shape index (κ2) is 8.67. The number of carbonyl (C=O) groups is 1. The van der Waals surface area contributed by atoms with Crippen LogP contribution < -0.4 is 11.5 Å². The number of rotatable bonds is 9. The first kappa shape index (κ1) is 15.7. The van der Waals surface area contributed by atoms with Crippen LogP contribution in [0.1, 0.15) is 49.3 Å². The molecule has 0 radical (unpaired) electrons. The van der Waals surface area contributed by atoms with E-state index in [9.17, 15) is 9.90 Å². The fourth-order valence-electron chi connectivity index (χ4n) is 2.00. The van der Waals surface area contributed by atoms with Crippen molar-refractivity contribution in [3.63, 3.8) is 0 Å². The highest BCUT2D eigenvalue weighted by Crippen LogP contribution is 2.20. The lowest BCUT2D eigenvalue weighted by atomic mass is 10.0. The molecule has 4 heteroatoms. The first-order valence-corrected chi connectivity index (χ1v) is 6.88. The van der Waals surface area contributed by atoms with Crippen molar-refractivity contribution in [2.75, 3.05) is 6.54 Å². The normalized spacial score (nSPS) is 12.3. The van der Waals surface area contributed by atoms with Gasteiger partial charge in [0.05, 0.1) is 6.10 Å². The molecule has 0 bridgehead atoms. The first-order chi connectivity index (χ1) is 9.13. The van der Waals surface area contributed by atoms with E-state index >= 15 is 0 Å². The summed E-state index contributed by atoms with van der Waals surface area (Å²) in [7, 11) is 0. The summed E-state index contributed by atoms with van der Waals surface area (Å²) in [5, 5.41) is 10.0. The molecule has 0 saturated carbocycles. The zero-order valence-corrected chi connectivity index (χ0v) is 11.3. The molecule has 0 fully saturated rings. The molecule has 1 rings (SSSR count). The molecule has 0 heterocycles. The highest BCUT2D eigenvalue weighted by Gasteiger charge is 2.07. The van der Waals surface area contributed by atoms with Crippen LogP contribution in [0.5, 0.6) is 0 Å². The molecule has 0 aliphatic carbocycles. The topological polar surface area (TPSA) is 89.3 Å². The van der Waals surface area contributed by atoms with Gasteiger partial charge in [-0.1, -0.05) is 37.1 Å². The third-order valence-electron chi connectivity index (χ3n) is 3.21. The molecule has 0 aliphatic rings. The third kappa shape index (κ3) is 6.36. The van der Waals surface area contributed by atoms with E-state index in [-0.39, 0.29) is 5.91 Å². The Morgan fingerprint density at radius 3 is 2.42 bits per heavy atom. The van der Waals surface area contributed by atoms with E-state index in [1.54, 1.807) is 0 Å². The monoisotopic (exact) mass is 264 g/mol. The summed E-state index contributed by atoms with van der Waals surface area (Å²) < 4.78 is 0. The van der Waals surface area contributed by atoms with Crippen LogP contribution in [0, 0.1) is 0 Å². The molecule has 4 nitrogen and oxygen atoms in total. The number of hydrogen-bond donors (Lipinski definition) is 3. The van der Waals surface area contributed by atoms with Crippen molar-refractivity contribution >= 4 is 5.91 Å². The highest BCUT2D eigenvalue weighted by atomic mass is 16.3. The van der Waals surface area contributed by atoms with Crippen LogP contribution in [0.4, 0.5) is 0 Å². The molecule has 1 amide bonds. The molecule has 19 heavy (non-hydrogen) atoms. The Hall–Kier alpha value is -1.39. The molecule has 0 saturated heterocycles. The molecule has 1 atom stereocenters. The summed E-state index contributed by atoms with van der Waals surface area (Å²) in [4.78, 5) is 10.7. The fraction of sp³-hybridized carbons (Fsp3) is 0.533. The lowest BCUT2D eigenvalue weighted by molar-refractivity contribution is -0.117. The van der Waals surface area contributed by atoms with Gasteiger partial charge >= 0.3 is 0 Å². The molecular formula is C15H24N2O2. The van der Waals surface area contributed by atoms with Crippen molar-refractivity contribution in [1.29, 1.82) is 0 Å². The number of hydrogen-bond acceptors (Lipinski definition) is 3. The maximum atomic E-state index is 10.7. The minimum Gasteiger partial charge on any atom is -0.388 e. The van der Waals surface area contributed by atoms with E-state index in [2.05, 4.69) is 0 Å². The van der Waals surface area contributed by atoms with Gasteiger partial charge in [-0.2, -0.15) is 0 Å². The van der Waals surface area contributed by atoms with E-state index in [1.165, 1.54) is 0 Å². The van der Waals surface area contributed by atoms with Gasteiger partial charge in [-0.3, -0.25) is 4.79 Å². The van der Waals surface area contributed by atoms with Gasteiger partial charge in [-0.15, -0.1) is 0 Å². The number of benzene rings is 1. The van der Waals surface area contributed by atoms with Crippen molar-refractivity contribution in [3.8, 4) is 0 Å². The van der Waals surface area contributed by atoms with Crippen LogP contribution in [-0.4, -0.2) is 17.6 Å². The predicted molar refractivity (Wildman–Crippen MR) is 76.4 cm³/mol. The number of primary amides is 1. The molecular weight excluding hydrogens is 240 g/mol. The van der Waals surface area contributed by atoms with Crippen LogP contribution in [0.25, 0.3) is 0 Å². The quantitative estimate of drug-likeness (QED) is 0.592. The second-order valence-electron chi connectivity index (χ2n) is 4.86. The Kier molecular flexibility index (Phi) is 7.15. The Bertz CT molecular complexity index is 376. The summed E-state index contributed by atoms with van der Waals surface area (Å²) in [6, 6.07) is 7.73. The minimum absolute atomic E-state index is 0.288. The van der Waals surface area contributed by atoms with Crippen LogP contribution in [0.15, 0.2) is 24.3 Å². The Morgan fingerprint density at radius 2 is 1.84 bits per heavy atom. The molecule has 106 valence electrons. The summed E-state index contributed by atoms with van der Waals surface area (Å²) in [5.74, 6) is -0.288. The number of aliphatic hydroxyl groups is 1. The van der Waals surface area contributed by atoms with E-state index in [1.807, 2.05) is 24.3 Å². The van der Waals surface area contributed by atoms with Crippen LogP contribution in [0.3, 0.4) is 0 Å². The maximum absolute atomic E-state index is 10.7. The van der Waals surface area contributed by atoms with Crippen molar-refractivity contribution < 1.29 is 9.90 Å². The lowest BCUT2D eigenvalue weighted by Gasteiger charge is -2.11. The molecule has 0 aromatic heterocycles. The number of aliphatic hydroxyl groups excluding tert-OH is 1. The fourth-order valence-corrected chi connectivity index (χ4v) is 2.00. The first-order valence-electron chi connectivity index (χ1n) is 6.88. The largest absolute Gasteiger partial charge is 0.388 e. The maximum Gasteiger partial charge on any atom is 0.217 e. The van der Waals surface area contributed by atoms with E-state index < -0.39 is 6.10 Å². The number of aryl methyl sites for hydroxylation is 1. The number of amides is 1. The lowest BCUT2D eigenvalue weighted by Crippen LogP contribution is -2.11.